The molecule has 7 heterocycles. The minimum absolute atomic E-state index is 0.00259. The molecule has 7 aliphatic rings. The molecule has 7 fully saturated rings. The third-order valence-electron chi connectivity index (χ3n) is 14.9. The fourth-order valence-electron chi connectivity index (χ4n) is 9.21. The standard InChI is InChI=1S/2C7H14F2N2O3.3C7H15FN2O3.C7H16N2O2.C7H15NO3.7C2H6/c1-13-6-4(11)5(12)7(8,9)3(2-10)14-6;1-13-6-4(11)7(8,9)5(12)3(2-10)14-6;2*1-12-7-5(10)4(8)6(11)3(2-9)13-7;1-12-7-5(10)6(11)4(8)3(2-9)13-7;2*1-10-7-6(9)3-2-5(4-8)11-7;7*1-2/h2*3-6,12H,2,10-11H2,1H3;3*3-7,11H,2,9-10H2,1H3;5-7H,2-4,8-9H2,1H3;5-7,9H,2-4,8H2,1H3;7*1-2H3/t2*3?,4?,5?,6-;3*3?,4?,5?,6?,7-;2*5?,6?,7-;;;;;;;/m0000000......./s1. The Balaban J connectivity index is -0.000000203. The van der Waals surface area contributed by atoms with Crippen LogP contribution in [0.3, 0.4) is 0 Å². The van der Waals surface area contributed by atoms with E-state index in [2.05, 4.69) is 4.74 Å². The molecule has 0 aromatic carbocycles. The topological polar surface area (TPSA) is 589 Å². The molecule has 0 bridgehead atoms. The molecule has 7 rings (SSSR count). The van der Waals surface area contributed by atoms with Crippen LogP contribution in [-0.2, 0) is 66.3 Å². The third kappa shape index (κ3) is 37.6. The van der Waals surface area contributed by atoms with Gasteiger partial charge in [0.05, 0.1) is 42.4 Å². The van der Waals surface area contributed by atoms with Crippen LogP contribution in [0, 0.1) is 0 Å². The molecule has 0 saturated carbocycles. The Hall–Kier alpha value is -1.81. The minimum Gasteiger partial charge on any atom is -0.388 e. The second-order valence-corrected chi connectivity index (χ2v) is 21.0. The zero-order chi connectivity index (χ0) is 82.4. The molecule has 7 aliphatic heterocycles. The second kappa shape index (κ2) is 66.0. The van der Waals surface area contributed by atoms with E-state index in [0.29, 0.717) is 19.5 Å². The molecule has 29 atom stereocenters. The zero-order valence-corrected chi connectivity index (χ0v) is 65.1. The third-order valence-corrected chi connectivity index (χ3v) is 14.9. The molecule has 40 heteroatoms. The van der Waals surface area contributed by atoms with Crippen molar-refractivity contribution in [1.29, 1.82) is 0 Å². The maximum atomic E-state index is 13.3. The maximum absolute atomic E-state index is 13.3. The van der Waals surface area contributed by atoms with Crippen molar-refractivity contribution in [3.8, 4) is 0 Å². The van der Waals surface area contributed by atoms with Crippen molar-refractivity contribution in [3.05, 3.63) is 0 Å². The summed E-state index contributed by atoms with van der Waals surface area (Å²) in [4.78, 5) is 0. The summed E-state index contributed by atoms with van der Waals surface area (Å²) in [5.41, 5.74) is 69.4. The number of aliphatic hydroxyl groups is 6. The highest BCUT2D eigenvalue weighted by Gasteiger charge is 2.58. The van der Waals surface area contributed by atoms with Crippen LogP contribution in [0.4, 0.5) is 30.7 Å². The molecular formula is C63H146F7N13O20. The molecule has 0 spiro atoms. The normalized spacial score (nSPS) is 37.8. The largest absolute Gasteiger partial charge is 0.388 e. The van der Waals surface area contributed by atoms with Crippen LogP contribution in [0.25, 0.3) is 0 Å². The van der Waals surface area contributed by atoms with Gasteiger partial charge >= 0.3 is 5.92 Å². The lowest BCUT2D eigenvalue weighted by atomic mass is 9.96. The summed E-state index contributed by atoms with van der Waals surface area (Å²) in [6.45, 7) is 28.5. The minimum atomic E-state index is -3.46. The van der Waals surface area contributed by atoms with Gasteiger partial charge in [-0.1, -0.05) is 96.9 Å². The van der Waals surface area contributed by atoms with Gasteiger partial charge < -0.3 is 171 Å². The fraction of sp³-hybridized carbons (Fsp3) is 1.00. The van der Waals surface area contributed by atoms with Gasteiger partial charge in [0.1, 0.15) is 85.5 Å². The van der Waals surface area contributed by atoms with Crippen molar-refractivity contribution in [2.75, 3.05) is 95.6 Å². The van der Waals surface area contributed by atoms with E-state index in [1.807, 2.05) is 96.9 Å². The number of ether oxygens (including phenoxy) is 14. The van der Waals surface area contributed by atoms with Crippen LogP contribution in [0.1, 0.15) is 123 Å². The van der Waals surface area contributed by atoms with Gasteiger partial charge in [0.25, 0.3) is 5.92 Å². The van der Waals surface area contributed by atoms with Crippen LogP contribution < -0.4 is 74.5 Å². The van der Waals surface area contributed by atoms with Crippen molar-refractivity contribution >= 4 is 0 Å². The number of alkyl halides is 7. The van der Waals surface area contributed by atoms with Crippen LogP contribution in [0.2, 0.25) is 0 Å². The van der Waals surface area contributed by atoms with Crippen LogP contribution >= 0.6 is 0 Å². The number of methoxy groups -OCH3 is 7. The molecule has 0 aromatic heterocycles. The number of rotatable bonds is 14. The predicted molar refractivity (Wildman–Crippen MR) is 379 cm³/mol. The summed E-state index contributed by atoms with van der Waals surface area (Å²) in [7, 11) is 9.69. The van der Waals surface area contributed by atoms with E-state index in [1.54, 1.807) is 7.11 Å². The van der Waals surface area contributed by atoms with E-state index in [-0.39, 0.29) is 50.7 Å². The second-order valence-electron chi connectivity index (χ2n) is 21.0. The van der Waals surface area contributed by atoms with E-state index >= 15 is 0 Å². The summed E-state index contributed by atoms with van der Waals surface area (Å²) in [5.74, 6) is -6.90. The Morgan fingerprint density at radius 2 is 0.641 bits per heavy atom. The first-order chi connectivity index (χ1) is 48.8. The van der Waals surface area contributed by atoms with Crippen LogP contribution in [0.5, 0.6) is 0 Å². The first-order valence-electron chi connectivity index (χ1n) is 35.3. The average Bonchev–Trinajstić information content (AvgIpc) is 0.790. The smallest absolute Gasteiger partial charge is 0.302 e. The Labute approximate surface area is 608 Å². The summed E-state index contributed by atoms with van der Waals surface area (Å²) < 4.78 is 162. The van der Waals surface area contributed by atoms with Crippen molar-refractivity contribution < 1.29 is 128 Å². The summed E-state index contributed by atoms with van der Waals surface area (Å²) in [6.07, 6.45) is -20.0. The molecule has 0 radical (unpaired) electrons. The highest BCUT2D eigenvalue weighted by atomic mass is 19.3. The average molecular weight is 1540 g/mol. The summed E-state index contributed by atoms with van der Waals surface area (Å²) in [6, 6.07) is -5.78. The molecular weight excluding hydrogens is 1390 g/mol. The number of aliphatic hydroxyl groups excluding tert-OH is 6. The predicted octanol–water partition coefficient (Wildman–Crippen LogP) is -1.63. The molecule has 32 N–H and O–H groups in total. The van der Waals surface area contributed by atoms with Crippen molar-refractivity contribution in [2.24, 2.45) is 74.5 Å². The molecule has 7 saturated heterocycles. The van der Waals surface area contributed by atoms with Gasteiger partial charge in [-0.2, -0.15) is 0 Å². The lowest BCUT2D eigenvalue weighted by molar-refractivity contribution is -0.301. The van der Waals surface area contributed by atoms with E-state index in [4.69, 9.17) is 136 Å². The Kier molecular flexibility index (Phi) is 73.4. The Morgan fingerprint density at radius 3 is 0.981 bits per heavy atom. The number of hydrogen-bond acceptors (Lipinski definition) is 33. The maximum Gasteiger partial charge on any atom is 0.302 e. The van der Waals surface area contributed by atoms with Gasteiger partial charge in [-0.05, 0) is 25.7 Å². The van der Waals surface area contributed by atoms with Gasteiger partial charge in [-0.25, -0.2) is 30.7 Å². The number of nitrogens with two attached hydrogens (primary N) is 13. The first-order valence-corrected chi connectivity index (χ1v) is 35.3. The first kappa shape index (κ1) is 114. The van der Waals surface area contributed by atoms with Gasteiger partial charge in [-0.3, -0.25) is 0 Å². The number of halogens is 7. The monoisotopic (exact) mass is 1540 g/mol. The van der Waals surface area contributed by atoms with Crippen molar-refractivity contribution in [1.82, 2.24) is 0 Å². The molecule has 0 aromatic rings. The molecule has 0 aliphatic carbocycles. The molecule has 0 amide bonds. The zero-order valence-electron chi connectivity index (χ0n) is 65.1. The van der Waals surface area contributed by atoms with Crippen molar-refractivity contribution in [3.63, 3.8) is 0 Å². The SMILES string of the molecule is CC.CC.CC.CC.CC.CC.CC.CO[C@H]1OC(CN)C(F)(F)C(O)C1N.CO[C@H]1OC(CN)C(F)C(O)C1N.CO[C@H]1OC(CN)C(O)C(F)(F)C1N.CO[C@H]1OC(CN)C(O)C(F)C1N.CO[C@H]1OC(CN)C(O)C(F)C1N.CO[C@H]1OC(CN)CCC1N.CO[C@H]1OC(CN)CCC1O. The van der Waals surface area contributed by atoms with Gasteiger partial charge in [-0.15, -0.1) is 0 Å². The van der Waals surface area contributed by atoms with E-state index in [0.717, 1.165) is 19.3 Å². The quantitative estimate of drug-likeness (QED) is 0.0869. The number of hydrogen-bond donors (Lipinski definition) is 19. The van der Waals surface area contributed by atoms with E-state index in [1.165, 1.54) is 42.7 Å². The summed E-state index contributed by atoms with van der Waals surface area (Å²) >= 11 is 0. The molecule has 103 heavy (non-hydrogen) atoms. The van der Waals surface area contributed by atoms with Crippen LogP contribution in [-0.4, -0.2) is 316 Å². The highest BCUT2D eigenvalue weighted by Crippen LogP contribution is 2.35. The van der Waals surface area contributed by atoms with Gasteiger partial charge in [0.15, 0.2) is 50.2 Å². The Morgan fingerprint density at radius 1 is 0.320 bits per heavy atom. The lowest BCUT2D eigenvalue weighted by Crippen LogP contribution is -2.66. The fourth-order valence-corrected chi connectivity index (χ4v) is 9.21. The summed E-state index contributed by atoms with van der Waals surface area (Å²) in [5, 5.41) is 55.6. The van der Waals surface area contributed by atoms with Gasteiger partial charge in [0, 0.05) is 95.6 Å². The van der Waals surface area contributed by atoms with Crippen molar-refractivity contribution in [2.45, 2.75) is 313 Å². The molecule has 632 valence electrons. The van der Waals surface area contributed by atoms with Crippen LogP contribution in [0.15, 0.2) is 0 Å². The van der Waals surface area contributed by atoms with Gasteiger partial charge in [0.2, 0.25) is 0 Å². The van der Waals surface area contributed by atoms with E-state index < -0.39 is 172 Å². The lowest BCUT2D eigenvalue weighted by Gasteiger charge is -2.42. The Bertz CT molecular complexity index is 1680. The highest BCUT2D eigenvalue weighted by molar-refractivity contribution is 5.00. The van der Waals surface area contributed by atoms with E-state index in [9.17, 15) is 61.4 Å². The molecule has 22 unspecified atom stereocenters. The molecule has 33 nitrogen and oxygen atoms in total.